The number of benzene rings is 2. The quantitative estimate of drug-likeness (QED) is 0.349. The number of carbonyl (C=O) groups is 4. The Kier molecular flexibility index (Phi) is 9.80. The van der Waals surface area contributed by atoms with E-state index in [1.54, 1.807) is 24.3 Å². The van der Waals surface area contributed by atoms with E-state index < -0.39 is 35.9 Å². The Balaban J connectivity index is 1.68. The largest absolute Gasteiger partial charge is 0.467 e. The van der Waals surface area contributed by atoms with E-state index in [1.165, 1.54) is 14.0 Å². The second-order valence-electron chi connectivity index (χ2n) is 8.80. The first-order valence-corrected chi connectivity index (χ1v) is 12.2. The Bertz CT molecular complexity index is 1080. The van der Waals surface area contributed by atoms with Crippen LogP contribution in [0.5, 0.6) is 0 Å². The minimum Gasteiger partial charge on any atom is -0.467 e. The van der Waals surface area contributed by atoms with Gasteiger partial charge in [0.05, 0.1) is 7.11 Å². The number of hydrogen-bond donors (Lipinski definition) is 3. The zero-order valence-corrected chi connectivity index (χ0v) is 20.7. The fourth-order valence-corrected chi connectivity index (χ4v) is 4.10. The number of nitrogens with one attached hydrogen (secondary N) is 3. The van der Waals surface area contributed by atoms with Gasteiger partial charge in [-0.15, -0.1) is 0 Å². The Morgan fingerprint density at radius 2 is 1.53 bits per heavy atom. The van der Waals surface area contributed by atoms with E-state index in [9.17, 15) is 19.2 Å². The van der Waals surface area contributed by atoms with Crippen LogP contribution in [0.15, 0.2) is 72.3 Å². The van der Waals surface area contributed by atoms with Crippen LogP contribution in [-0.2, 0) is 25.5 Å². The van der Waals surface area contributed by atoms with E-state index in [-0.39, 0.29) is 12.3 Å². The first-order chi connectivity index (χ1) is 17.4. The van der Waals surface area contributed by atoms with Gasteiger partial charge in [0, 0.05) is 12.0 Å². The van der Waals surface area contributed by atoms with Crippen molar-refractivity contribution >= 4 is 23.7 Å². The summed E-state index contributed by atoms with van der Waals surface area (Å²) in [4.78, 5) is 51.2. The first-order valence-electron chi connectivity index (χ1n) is 12.2. The third-order valence-corrected chi connectivity index (χ3v) is 6.11. The molecule has 0 saturated carbocycles. The van der Waals surface area contributed by atoms with Crippen molar-refractivity contribution in [1.29, 1.82) is 0 Å². The molecule has 8 nitrogen and oxygen atoms in total. The molecule has 1 aliphatic rings. The van der Waals surface area contributed by atoms with Gasteiger partial charge in [0.2, 0.25) is 11.8 Å². The van der Waals surface area contributed by atoms with Gasteiger partial charge in [-0.05, 0) is 55.9 Å². The van der Waals surface area contributed by atoms with Crippen molar-refractivity contribution in [1.82, 2.24) is 16.0 Å². The lowest BCUT2D eigenvalue weighted by Crippen LogP contribution is -2.55. The lowest BCUT2D eigenvalue weighted by atomic mass is 9.93. The average Bonchev–Trinajstić information content (AvgIpc) is 2.92. The number of rotatable bonds is 10. The molecule has 3 N–H and O–H groups in total. The van der Waals surface area contributed by atoms with Crippen LogP contribution in [0.1, 0.15) is 48.5 Å². The van der Waals surface area contributed by atoms with Gasteiger partial charge >= 0.3 is 5.97 Å². The molecule has 0 saturated heterocycles. The summed E-state index contributed by atoms with van der Waals surface area (Å²) in [5, 5.41) is 8.20. The van der Waals surface area contributed by atoms with Gasteiger partial charge in [-0.1, -0.05) is 54.6 Å². The SMILES string of the molecule is COC(=O)[C@H](Cc1ccccc1)NC(=O)[C@H](C)NC(=O)C(NC(=O)c1ccccc1)C1=CCCCC1. The van der Waals surface area contributed by atoms with Crippen molar-refractivity contribution in [2.75, 3.05) is 7.11 Å². The van der Waals surface area contributed by atoms with Crippen molar-refractivity contribution in [2.45, 2.75) is 57.2 Å². The highest BCUT2D eigenvalue weighted by Crippen LogP contribution is 2.21. The highest BCUT2D eigenvalue weighted by atomic mass is 16.5. The van der Waals surface area contributed by atoms with Crippen LogP contribution >= 0.6 is 0 Å². The Labute approximate surface area is 211 Å². The molecule has 2 aromatic carbocycles. The number of carbonyl (C=O) groups excluding carboxylic acids is 4. The molecule has 3 atom stereocenters. The van der Waals surface area contributed by atoms with Crippen molar-refractivity contribution in [3.8, 4) is 0 Å². The smallest absolute Gasteiger partial charge is 0.328 e. The molecule has 2 aromatic rings. The number of methoxy groups -OCH3 is 1. The zero-order valence-electron chi connectivity index (χ0n) is 20.7. The summed E-state index contributed by atoms with van der Waals surface area (Å²) in [5.74, 6) is -1.95. The molecule has 3 rings (SSSR count). The van der Waals surface area contributed by atoms with E-state index >= 15 is 0 Å². The summed E-state index contributed by atoms with van der Waals surface area (Å²) in [6.45, 7) is 1.54. The summed E-state index contributed by atoms with van der Waals surface area (Å²) in [6.07, 6.45) is 5.71. The number of amides is 3. The molecule has 0 bridgehead atoms. The number of ether oxygens (including phenoxy) is 1. The third kappa shape index (κ3) is 7.53. The minimum atomic E-state index is -0.944. The monoisotopic (exact) mass is 491 g/mol. The van der Waals surface area contributed by atoms with Crippen molar-refractivity contribution in [3.05, 3.63) is 83.4 Å². The maximum absolute atomic E-state index is 13.3. The molecule has 0 heterocycles. The Hall–Kier alpha value is -3.94. The normalized spacial score (nSPS) is 15.4. The molecule has 190 valence electrons. The molecule has 1 aliphatic carbocycles. The van der Waals surface area contributed by atoms with Crippen LogP contribution in [-0.4, -0.2) is 48.9 Å². The van der Waals surface area contributed by atoms with E-state index in [2.05, 4.69) is 16.0 Å². The molecule has 0 radical (unpaired) electrons. The number of allylic oxidation sites excluding steroid dienone is 1. The van der Waals surface area contributed by atoms with Gasteiger partial charge in [-0.25, -0.2) is 4.79 Å². The van der Waals surface area contributed by atoms with Gasteiger partial charge in [0.25, 0.3) is 5.91 Å². The van der Waals surface area contributed by atoms with Gasteiger partial charge in [0.15, 0.2) is 0 Å². The molecule has 0 aromatic heterocycles. The lowest BCUT2D eigenvalue weighted by Gasteiger charge is -2.26. The van der Waals surface area contributed by atoms with E-state index in [0.29, 0.717) is 12.0 Å². The maximum Gasteiger partial charge on any atom is 0.328 e. The molecule has 0 fully saturated rings. The average molecular weight is 492 g/mol. The summed E-state index contributed by atoms with van der Waals surface area (Å²) in [7, 11) is 1.26. The molecule has 0 aliphatic heterocycles. The fourth-order valence-electron chi connectivity index (χ4n) is 4.10. The molecule has 36 heavy (non-hydrogen) atoms. The lowest BCUT2D eigenvalue weighted by molar-refractivity contribution is -0.145. The second-order valence-corrected chi connectivity index (χ2v) is 8.80. The summed E-state index contributed by atoms with van der Waals surface area (Å²) >= 11 is 0. The van der Waals surface area contributed by atoms with Crippen LogP contribution < -0.4 is 16.0 Å². The van der Waals surface area contributed by atoms with Gasteiger partial charge in [0.1, 0.15) is 18.1 Å². The molecule has 1 unspecified atom stereocenters. The summed E-state index contributed by atoms with van der Waals surface area (Å²) < 4.78 is 4.85. The van der Waals surface area contributed by atoms with Crippen LogP contribution in [0.3, 0.4) is 0 Å². The Morgan fingerprint density at radius 1 is 0.861 bits per heavy atom. The minimum absolute atomic E-state index is 0.253. The fraction of sp³-hybridized carbons (Fsp3) is 0.357. The third-order valence-electron chi connectivity index (χ3n) is 6.11. The predicted octanol–water partition coefficient (Wildman–Crippen LogP) is 2.69. The van der Waals surface area contributed by atoms with Crippen LogP contribution in [0.25, 0.3) is 0 Å². The van der Waals surface area contributed by atoms with Crippen molar-refractivity contribution < 1.29 is 23.9 Å². The van der Waals surface area contributed by atoms with E-state index in [0.717, 1.165) is 30.4 Å². The van der Waals surface area contributed by atoms with E-state index in [1.807, 2.05) is 42.5 Å². The van der Waals surface area contributed by atoms with E-state index in [4.69, 9.17) is 4.74 Å². The standard InChI is InChI=1S/C28H33N3O5/c1-19(25(32)30-23(28(35)36-2)18-20-12-6-3-7-13-20)29-27(34)24(21-14-8-4-9-15-21)31-26(33)22-16-10-5-11-17-22/h3,5-7,10-14,16-17,19,23-24H,4,8-9,15,18H2,1-2H3,(H,29,34)(H,30,32)(H,31,33)/t19-,23-,24?/m0/s1. The molecule has 0 spiro atoms. The number of esters is 1. The summed E-state index contributed by atoms with van der Waals surface area (Å²) in [6, 6.07) is 15.2. The highest BCUT2D eigenvalue weighted by Gasteiger charge is 2.30. The van der Waals surface area contributed by atoms with Crippen LogP contribution in [0.4, 0.5) is 0 Å². The van der Waals surface area contributed by atoms with Gasteiger partial charge < -0.3 is 20.7 Å². The highest BCUT2D eigenvalue weighted by molar-refractivity contribution is 5.99. The van der Waals surface area contributed by atoms with Gasteiger partial charge in [-0.2, -0.15) is 0 Å². The Morgan fingerprint density at radius 3 is 2.14 bits per heavy atom. The summed E-state index contributed by atoms with van der Waals surface area (Å²) in [5.41, 5.74) is 2.13. The second kappa shape index (κ2) is 13.2. The molecular weight excluding hydrogens is 458 g/mol. The predicted molar refractivity (Wildman–Crippen MR) is 136 cm³/mol. The molecule has 8 heteroatoms. The van der Waals surface area contributed by atoms with Crippen LogP contribution in [0.2, 0.25) is 0 Å². The van der Waals surface area contributed by atoms with Crippen molar-refractivity contribution in [2.24, 2.45) is 0 Å². The number of hydrogen-bond acceptors (Lipinski definition) is 5. The maximum atomic E-state index is 13.3. The van der Waals surface area contributed by atoms with Crippen LogP contribution in [0, 0.1) is 0 Å². The van der Waals surface area contributed by atoms with Gasteiger partial charge in [-0.3, -0.25) is 14.4 Å². The van der Waals surface area contributed by atoms with Crippen molar-refractivity contribution in [3.63, 3.8) is 0 Å². The molecular formula is C28H33N3O5. The topological polar surface area (TPSA) is 114 Å². The molecule has 3 amide bonds. The zero-order chi connectivity index (χ0) is 25.9. The first kappa shape index (κ1) is 26.7.